The molecule has 2 rings (SSSR count). The summed E-state index contributed by atoms with van der Waals surface area (Å²) in [6, 6.07) is 8.35. The molecule has 16 heavy (non-hydrogen) atoms. The first-order chi connectivity index (χ1) is 7.58. The fourth-order valence-electron chi connectivity index (χ4n) is 2.24. The lowest BCUT2D eigenvalue weighted by atomic mass is 9.79. The molecule has 1 aliphatic rings. The molecule has 1 aromatic carbocycles. The third-order valence-corrected chi connectivity index (χ3v) is 4.00. The smallest absolute Gasteiger partial charge is 0.0675 e. The highest BCUT2D eigenvalue weighted by molar-refractivity contribution is 9.10. The average Bonchev–Trinajstić information content (AvgIpc) is 2.24. The van der Waals surface area contributed by atoms with Crippen molar-refractivity contribution < 1.29 is 5.11 Å². The fraction of sp³-hybridized carbons (Fsp3) is 0.538. The van der Waals surface area contributed by atoms with E-state index >= 15 is 0 Å². The Labute approximate surface area is 105 Å². The van der Waals surface area contributed by atoms with E-state index in [0.29, 0.717) is 5.92 Å². The van der Waals surface area contributed by atoms with Crippen LogP contribution in [0.3, 0.4) is 0 Å². The molecule has 3 heteroatoms. The summed E-state index contributed by atoms with van der Waals surface area (Å²) in [6.07, 6.45) is 1.78. The van der Waals surface area contributed by atoms with E-state index in [1.54, 1.807) is 0 Å². The van der Waals surface area contributed by atoms with Crippen molar-refractivity contribution in [2.24, 2.45) is 5.92 Å². The van der Waals surface area contributed by atoms with Crippen molar-refractivity contribution in [3.8, 4) is 0 Å². The van der Waals surface area contributed by atoms with Gasteiger partial charge in [0.2, 0.25) is 0 Å². The van der Waals surface area contributed by atoms with Crippen LogP contribution in [0.4, 0.5) is 0 Å². The molecular formula is C13H18BrNO. The summed E-state index contributed by atoms with van der Waals surface area (Å²) < 4.78 is 1.10. The van der Waals surface area contributed by atoms with Crippen molar-refractivity contribution >= 4 is 15.9 Å². The SMILES string of the molecule is CC1(O)CCNCC1Cc1ccc(Br)cc1. The summed E-state index contributed by atoms with van der Waals surface area (Å²) in [5.41, 5.74) is 0.760. The minimum atomic E-state index is -0.529. The predicted octanol–water partition coefficient (Wildman–Crippen LogP) is 2.35. The molecular weight excluding hydrogens is 266 g/mol. The van der Waals surface area contributed by atoms with E-state index in [4.69, 9.17) is 0 Å². The molecule has 0 aromatic heterocycles. The first kappa shape index (κ1) is 12.1. The molecule has 2 atom stereocenters. The van der Waals surface area contributed by atoms with Gasteiger partial charge in [-0.15, -0.1) is 0 Å². The zero-order valence-electron chi connectivity index (χ0n) is 9.54. The Morgan fingerprint density at radius 2 is 2.12 bits per heavy atom. The number of halogens is 1. The molecule has 0 amide bonds. The van der Waals surface area contributed by atoms with Crippen molar-refractivity contribution in [3.05, 3.63) is 34.3 Å². The Balaban J connectivity index is 2.05. The topological polar surface area (TPSA) is 32.3 Å². The number of rotatable bonds is 2. The van der Waals surface area contributed by atoms with E-state index in [1.807, 2.05) is 6.92 Å². The zero-order chi connectivity index (χ0) is 11.6. The highest BCUT2D eigenvalue weighted by Gasteiger charge is 2.34. The highest BCUT2D eigenvalue weighted by atomic mass is 79.9. The third-order valence-electron chi connectivity index (χ3n) is 3.47. The van der Waals surface area contributed by atoms with E-state index in [-0.39, 0.29) is 0 Å². The van der Waals surface area contributed by atoms with Crippen LogP contribution >= 0.6 is 15.9 Å². The maximum atomic E-state index is 10.3. The molecule has 0 radical (unpaired) electrons. The van der Waals surface area contributed by atoms with E-state index in [2.05, 4.69) is 45.5 Å². The van der Waals surface area contributed by atoms with Gasteiger partial charge in [-0.05, 0) is 44.0 Å². The summed E-state index contributed by atoms with van der Waals surface area (Å²) >= 11 is 3.43. The van der Waals surface area contributed by atoms with Crippen LogP contribution in [-0.4, -0.2) is 23.8 Å². The van der Waals surface area contributed by atoms with Crippen molar-refractivity contribution in [1.82, 2.24) is 5.32 Å². The van der Waals surface area contributed by atoms with Crippen LogP contribution in [0.5, 0.6) is 0 Å². The largest absolute Gasteiger partial charge is 0.390 e. The lowest BCUT2D eigenvalue weighted by molar-refractivity contribution is -0.0234. The van der Waals surface area contributed by atoms with Crippen molar-refractivity contribution in [1.29, 1.82) is 0 Å². The predicted molar refractivity (Wildman–Crippen MR) is 69.4 cm³/mol. The summed E-state index contributed by atoms with van der Waals surface area (Å²) in [5.74, 6) is 0.308. The number of hydrogen-bond acceptors (Lipinski definition) is 2. The number of piperidine rings is 1. The Bertz CT molecular complexity index is 347. The Kier molecular flexibility index (Phi) is 3.67. The molecule has 1 aliphatic heterocycles. The second kappa shape index (κ2) is 4.86. The molecule has 2 nitrogen and oxygen atoms in total. The number of benzene rings is 1. The molecule has 0 spiro atoms. The van der Waals surface area contributed by atoms with Crippen LogP contribution in [0, 0.1) is 5.92 Å². The van der Waals surface area contributed by atoms with Gasteiger partial charge >= 0.3 is 0 Å². The van der Waals surface area contributed by atoms with Gasteiger partial charge in [0.05, 0.1) is 5.60 Å². The molecule has 2 unspecified atom stereocenters. The minimum absolute atomic E-state index is 0.308. The lowest BCUT2D eigenvalue weighted by Crippen LogP contribution is -2.49. The Morgan fingerprint density at radius 3 is 2.75 bits per heavy atom. The monoisotopic (exact) mass is 283 g/mol. The van der Waals surface area contributed by atoms with Crippen LogP contribution < -0.4 is 5.32 Å². The van der Waals surface area contributed by atoms with Crippen LogP contribution in [-0.2, 0) is 6.42 Å². The summed E-state index contributed by atoms with van der Waals surface area (Å²) in [7, 11) is 0. The van der Waals surface area contributed by atoms with Gasteiger partial charge < -0.3 is 10.4 Å². The zero-order valence-corrected chi connectivity index (χ0v) is 11.1. The van der Waals surface area contributed by atoms with Crippen LogP contribution in [0.25, 0.3) is 0 Å². The molecule has 0 saturated carbocycles. The lowest BCUT2D eigenvalue weighted by Gasteiger charge is -2.37. The van der Waals surface area contributed by atoms with E-state index in [1.165, 1.54) is 5.56 Å². The third kappa shape index (κ3) is 2.84. The van der Waals surface area contributed by atoms with Gasteiger partial charge in [0.25, 0.3) is 0 Å². The minimum Gasteiger partial charge on any atom is -0.390 e. The second-order valence-electron chi connectivity index (χ2n) is 4.84. The molecule has 1 fully saturated rings. The van der Waals surface area contributed by atoms with Crippen molar-refractivity contribution in [2.75, 3.05) is 13.1 Å². The first-order valence-electron chi connectivity index (χ1n) is 5.75. The molecule has 0 aliphatic carbocycles. The van der Waals surface area contributed by atoms with Gasteiger partial charge in [-0.1, -0.05) is 28.1 Å². The molecule has 1 heterocycles. The van der Waals surface area contributed by atoms with Gasteiger partial charge in [-0.25, -0.2) is 0 Å². The summed E-state index contributed by atoms with van der Waals surface area (Å²) in [5, 5.41) is 13.7. The summed E-state index contributed by atoms with van der Waals surface area (Å²) in [6.45, 7) is 3.78. The number of aliphatic hydroxyl groups is 1. The van der Waals surface area contributed by atoms with E-state index < -0.39 is 5.60 Å². The molecule has 0 bridgehead atoms. The van der Waals surface area contributed by atoms with Crippen LogP contribution in [0.15, 0.2) is 28.7 Å². The number of nitrogens with one attached hydrogen (secondary N) is 1. The van der Waals surface area contributed by atoms with Gasteiger partial charge in [-0.3, -0.25) is 0 Å². The van der Waals surface area contributed by atoms with E-state index in [9.17, 15) is 5.11 Å². The maximum Gasteiger partial charge on any atom is 0.0675 e. The first-order valence-corrected chi connectivity index (χ1v) is 6.55. The standard InChI is InChI=1S/C13H18BrNO/c1-13(16)6-7-15-9-11(13)8-10-2-4-12(14)5-3-10/h2-5,11,15-16H,6-9H2,1H3. The van der Waals surface area contributed by atoms with Crippen molar-refractivity contribution in [3.63, 3.8) is 0 Å². The highest BCUT2D eigenvalue weighted by Crippen LogP contribution is 2.27. The van der Waals surface area contributed by atoms with Crippen molar-refractivity contribution in [2.45, 2.75) is 25.4 Å². The number of hydrogen-bond donors (Lipinski definition) is 2. The van der Waals surface area contributed by atoms with Gasteiger partial charge in [0.1, 0.15) is 0 Å². The van der Waals surface area contributed by atoms with Crippen LogP contribution in [0.1, 0.15) is 18.9 Å². The molecule has 2 N–H and O–H groups in total. The van der Waals surface area contributed by atoms with Gasteiger partial charge in [-0.2, -0.15) is 0 Å². The molecule has 1 aromatic rings. The van der Waals surface area contributed by atoms with Gasteiger partial charge in [0.15, 0.2) is 0 Å². The normalized spacial score (nSPS) is 30.3. The second-order valence-corrected chi connectivity index (χ2v) is 5.75. The van der Waals surface area contributed by atoms with Gasteiger partial charge in [0, 0.05) is 16.9 Å². The Morgan fingerprint density at radius 1 is 1.44 bits per heavy atom. The maximum absolute atomic E-state index is 10.3. The Hall–Kier alpha value is -0.380. The average molecular weight is 284 g/mol. The summed E-state index contributed by atoms with van der Waals surface area (Å²) in [4.78, 5) is 0. The molecule has 1 saturated heterocycles. The quantitative estimate of drug-likeness (QED) is 0.873. The fourth-order valence-corrected chi connectivity index (χ4v) is 2.50. The molecule has 88 valence electrons. The van der Waals surface area contributed by atoms with E-state index in [0.717, 1.165) is 30.4 Å². The van der Waals surface area contributed by atoms with Crippen LogP contribution in [0.2, 0.25) is 0 Å².